The molecule has 0 heterocycles. The number of benzene rings is 5. The highest BCUT2D eigenvalue weighted by Crippen LogP contribution is 2.54. The van der Waals surface area contributed by atoms with Gasteiger partial charge in [0.15, 0.2) is 11.2 Å². The van der Waals surface area contributed by atoms with Gasteiger partial charge in [0, 0.05) is 41.2 Å². The first-order valence-corrected chi connectivity index (χ1v) is 19.8. The summed E-state index contributed by atoms with van der Waals surface area (Å²) in [5.74, 6) is -1.61. The van der Waals surface area contributed by atoms with Gasteiger partial charge in [-0.2, -0.15) is 0 Å². The minimum absolute atomic E-state index is 0.0391. The molecule has 5 aromatic carbocycles. The number of esters is 1. The Morgan fingerprint density at radius 3 is 2.21 bits per heavy atom. The van der Waals surface area contributed by atoms with Crippen LogP contribution in [0.1, 0.15) is 86.1 Å². The number of Topliss-reactive ketones (excluding diaryl/α,β-unsaturated/α-hetero) is 1. The summed E-state index contributed by atoms with van der Waals surface area (Å²) in [5, 5.41) is 40.4. The molecule has 2 aliphatic rings. The Labute approximate surface area is 334 Å². The van der Waals surface area contributed by atoms with Crippen molar-refractivity contribution in [3.05, 3.63) is 66.0 Å². The average molecular weight is 796 g/mol. The third-order valence-electron chi connectivity index (χ3n) is 12.3. The summed E-state index contributed by atoms with van der Waals surface area (Å²) in [6.07, 6.45) is 6.19. The Hall–Kier alpha value is -5.37. The van der Waals surface area contributed by atoms with E-state index in [-0.39, 0.29) is 64.6 Å². The molecule has 1 saturated carbocycles. The van der Waals surface area contributed by atoms with Crippen molar-refractivity contribution in [3.8, 4) is 11.5 Å². The molecule has 5 aromatic rings. The zero-order chi connectivity index (χ0) is 41.4. The van der Waals surface area contributed by atoms with Gasteiger partial charge in [0.25, 0.3) is 6.47 Å². The van der Waals surface area contributed by atoms with Gasteiger partial charge < -0.3 is 39.6 Å². The number of carbonyl (C=O) groups excluding carboxylic acids is 3. The van der Waals surface area contributed by atoms with Crippen molar-refractivity contribution in [1.29, 1.82) is 0 Å². The maximum absolute atomic E-state index is 14.8. The molecule has 0 aromatic heterocycles. The van der Waals surface area contributed by atoms with Crippen LogP contribution in [-0.4, -0.2) is 74.1 Å². The number of allylic oxidation sites excluding steroid dienone is 1. The predicted octanol–water partition coefficient (Wildman–Crippen LogP) is 5.59. The number of fused-ring (bicyclic) bond motifs is 1. The number of aliphatic hydroxyl groups excluding tert-OH is 2. The highest BCUT2D eigenvalue weighted by molar-refractivity contribution is 6.39. The van der Waals surface area contributed by atoms with Gasteiger partial charge >= 0.3 is 5.97 Å². The van der Waals surface area contributed by atoms with Crippen LogP contribution < -0.4 is 20.9 Å². The Morgan fingerprint density at radius 1 is 0.879 bits per heavy atom. The van der Waals surface area contributed by atoms with Crippen LogP contribution in [0.5, 0.6) is 11.5 Å². The highest BCUT2D eigenvalue weighted by atomic mass is 16.6. The number of aromatic hydroxyl groups is 1. The molecule has 7 rings (SSSR count). The van der Waals surface area contributed by atoms with Crippen LogP contribution in [0.2, 0.25) is 0 Å². The number of hydrogen-bond acceptors (Lipinski definition) is 13. The van der Waals surface area contributed by atoms with Crippen LogP contribution >= 0.6 is 0 Å². The fraction of sp³-hybridized carbons (Fsp3) is 0.444. The molecule has 13 nitrogen and oxygen atoms in total. The topological polar surface area (TPSA) is 195 Å². The molecular weight excluding hydrogens is 746 g/mol. The van der Waals surface area contributed by atoms with E-state index in [4.69, 9.17) is 18.9 Å². The molecule has 0 radical (unpaired) electrons. The van der Waals surface area contributed by atoms with Gasteiger partial charge in [0.1, 0.15) is 18.1 Å². The number of phenolic OH excluding ortho intramolecular Hbond substituents is 1. The molecule has 1 fully saturated rings. The summed E-state index contributed by atoms with van der Waals surface area (Å²) in [6.45, 7) is 3.57. The number of hydrogen-bond donors (Lipinski definition) is 4. The summed E-state index contributed by atoms with van der Waals surface area (Å²) in [4.78, 5) is 66.3. The van der Waals surface area contributed by atoms with Crippen molar-refractivity contribution in [2.75, 3.05) is 45.9 Å². The molecule has 2 aliphatic carbocycles. The molecule has 0 bridgehead atoms. The maximum atomic E-state index is 14.8. The molecule has 0 spiro atoms. The van der Waals surface area contributed by atoms with Gasteiger partial charge in [0.05, 0.1) is 56.1 Å². The zero-order valence-electron chi connectivity index (χ0n) is 33.2. The molecule has 13 heteroatoms. The fourth-order valence-electron chi connectivity index (χ4n) is 9.71. The second kappa shape index (κ2) is 16.8. The molecule has 0 saturated heterocycles. The lowest BCUT2D eigenvalue weighted by Crippen LogP contribution is -2.25. The van der Waals surface area contributed by atoms with E-state index >= 15 is 0 Å². The lowest BCUT2D eigenvalue weighted by molar-refractivity contribution is -0.151. The van der Waals surface area contributed by atoms with Crippen molar-refractivity contribution in [3.63, 3.8) is 0 Å². The Morgan fingerprint density at radius 2 is 1.57 bits per heavy atom. The fourth-order valence-corrected chi connectivity index (χ4v) is 9.71. The summed E-state index contributed by atoms with van der Waals surface area (Å²) < 4.78 is 21.2. The number of nitrogens with one attached hydrogen (secondary N) is 1. The monoisotopic (exact) mass is 795 g/mol. The number of carbonyl (C=O) groups is 3. The van der Waals surface area contributed by atoms with E-state index in [1.807, 2.05) is 6.08 Å². The standard InChI is InChI=1S/C45H49NO12/c1-22-16-29-28(11-8-24-6-9-25(10-7-24)45(54)58-15-14-55-3)42(52)37-31(51)18-27(20-48)34-33-26(19-47)17-30(46-12-5-13-57-21-49)36-39(33)40(35(29)38(34)37)41(32(22)23(2)50)44(56-4)43(36)53/h16-18,21,24-25,32,46-48,52H,5-15,19-20H2,1-4H3. The highest BCUT2D eigenvalue weighted by Gasteiger charge is 2.37. The summed E-state index contributed by atoms with van der Waals surface area (Å²) in [5.41, 5.74) is 2.11. The lowest BCUT2D eigenvalue weighted by Gasteiger charge is -2.28. The van der Waals surface area contributed by atoms with E-state index < -0.39 is 30.0 Å². The van der Waals surface area contributed by atoms with E-state index in [9.17, 15) is 39.3 Å². The summed E-state index contributed by atoms with van der Waals surface area (Å²) >= 11 is 0. The summed E-state index contributed by atoms with van der Waals surface area (Å²) in [6, 6.07) is 2.96. The zero-order valence-corrected chi connectivity index (χ0v) is 33.2. The molecule has 1 atom stereocenters. The number of phenols is 1. The SMILES string of the molecule is COCCOC(=O)C1CCC(CCc2c(O)c3c(=O)cc(CO)c4c5c(CO)cc(NCCCOC=O)c6c(=O)c(OC)c7c(c(c2C=C(C)C7C(C)=O)c34)c65)CC1. The number of anilines is 1. The number of ketones is 1. The van der Waals surface area contributed by atoms with Crippen LogP contribution in [-0.2, 0) is 48.2 Å². The van der Waals surface area contributed by atoms with E-state index in [1.54, 1.807) is 20.1 Å². The Kier molecular flexibility index (Phi) is 11.9. The first-order chi connectivity index (χ1) is 28.0. The van der Waals surface area contributed by atoms with Crippen molar-refractivity contribution < 1.29 is 48.7 Å². The minimum atomic E-state index is -0.935. The van der Waals surface area contributed by atoms with E-state index in [0.717, 1.165) is 12.8 Å². The number of aliphatic hydroxyl groups is 2. The smallest absolute Gasteiger partial charge is 0.309 e. The van der Waals surface area contributed by atoms with E-state index in [0.29, 0.717) is 118 Å². The third kappa shape index (κ3) is 6.78. The van der Waals surface area contributed by atoms with Gasteiger partial charge in [0.2, 0.25) is 5.43 Å². The van der Waals surface area contributed by atoms with Gasteiger partial charge in [-0.15, -0.1) is 0 Å². The Balaban J connectivity index is 1.52. The quantitative estimate of drug-likeness (QED) is 0.0300. The van der Waals surface area contributed by atoms with Gasteiger partial charge in [-0.05, 0) is 115 Å². The molecule has 306 valence electrons. The first-order valence-electron chi connectivity index (χ1n) is 19.8. The second-order valence-corrected chi connectivity index (χ2v) is 15.5. The molecule has 0 amide bonds. The number of methoxy groups -OCH3 is 2. The second-order valence-electron chi connectivity index (χ2n) is 15.5. The van der Waals surface area contributed by atoms with Crippen molar-refractivity contribution in [2.45, 2.75) is 77.9 Å². The normalized spacial score (nSPS) is 17.9. The molecular formula is C45H49NO12. The van der Waals surface area contributed by atoms with E-state index in [2.05, 4.69) is 5.32 Å². The van der Waals surface area contributed by atoms with Gasteiger partial charge in [-0.25, -0.2) is 0 Å². The first kappa shape index (κ1) is 40.8. The number of ether oxygens (including phenoxy) is 4. The molecule has 4 N–H and O–H groups in total. The Bertz CT molecular complexity index is 2570. The summed E-state index contributed by atoms with van der Waals surface area (Å²) in [7, 11) is 2.93. The van der Waals surface area contributed by atoms with Crippen LogP contribution in [0.3, 0.4) is 0 Å². The number of rotatable bonds is 17. The van der Waals surface area contributed by atoms with Crippen LogP contribution in [0.25, 0.3) is 49.2 Å². The molecule has 1 unspecified atom stereocenters. The average Bonchev–Trinajstić information content (AvgIpc) is 3.34. The lowest BCUT2D eigenvalue weighted by atomic mass is 9.77. The maximum Gasteiger partial charge on any atom is 0.309 e. The van der Waals surface area contributed by atoms with Crippen molar-refractivity contribution in [2.24, 2.45) is 11.8 Å². The van der Waals surface area contributed by atoms with E-state index in [1.165, 1.54) is 20.1 Å². The van der Waals surface area contributed by atoms with Gasteiger partial charge in [-0.1, -0.05) is 11.6 Å². The minimum Gasteiger partial charge on any atom is -0.507 e. The van der Waals surface area contributed by atoms with Crippen molar-refractivity contribution in [1.82, 2.24) is 0 Å². The van der Waals surface area contributed by atoms with Crippen LogP contribution in [0.4, 0.5) is 5.69 Å². The third-order valence-corrected chi connectivity index (χ3v) is 12.3. The molecule has 0 aliphatic heterocycles. The largest absolute Gasteiger partial charge is 0.507 e. The van der Waals surface area contributed by atoms with Crippen LogP contribution in [0.15, 0.2) is 27.3 Å². The predicted molar refractivity (Wildman–Crippen MR) is 220 cm³/mol. The van der Waals surface area contributed by atoms with Crippen molar-refractivity contribution >= 4 is 73.1 Å². The molecule has 58 heavy (non-hydrogen) atoms. The van der Waals surface area contributed by atoms with Crippen LogP contribution in [0, 0.1) is 11.8 Å². The van der Waals surface area contributed by atoms with Gasteiger partial charge in [-0.3, -0.25) is 24.0 Å².